The molecule has 0 aliphatic heterocycles. The van der Waals surface area contributed by atoms with Crippen LogP contribution >= 0.6 is 0 Å². The molecule has 0 radical (unpaired) electrons. The monoisotopic (exact) mass is 228 g/mol. The van der Waals surface area contributed by atoms with E-state index in [-0.39, 0.29) is 11.8 Å². The lowest BCUT2D eigenvalue weighted by molar-refractivity contribution is -0.143. The van der Waals surface area contributed by atoms with Crippen LogP contribution in [-0.4, -0.2) is 18.4 Å². The molecule has 0 N–H and O–H groups in total. The minimum absolute atomic E-state index is 0.0842. The zero-order valence-electron chi connectivity index (χ0n) is 10.6. The lowest BCUT2D eigenvalue weighted by atomic mass is 10.1. The van der Waals surface area contributed by atoms with E-state index in [1.165, 1.54) is 0 Å². The SMILES string of the molecule is CCOC(=O)CCCCCCCCC(C)=O. The molecule has 0 heterocycles. The van der Waals surface area contributed by atoms with E-state index in [4.69, 9.17) is 4.74 Å². The molecule has 0 aliphatic rings. The summed E-state index contributed by atoms with van der Waals surface area (Å²) in [6.45, 7) is 3.94. The van der Waals surface area contributed by atoms with E-state index in [0.717, 1.165) is 38.5 Å². The van der Waals surface area contributed by atoms with Crippen LogP contribution in [0.15, 0.2) is 0 Å². The van der Waals surface area contributed by atoms with Crippen LogP contribution in [0.4, 0.5) is 0 Å². The Morgan fingerprint density at radius 2 is 1.38 bits per heavy atom. The average Bonchev–Trinajstić information content (AvgIpc) is 2.22. The second kappa shape index (κ2) is 10.7. The van der Waals surface area contributed by atoms with Gasteiger partial charge in [-0.25, -0.2) is 0 Å². The Hall–Kier alpha value is -0.860. The first-order valence-electron chi connectivity index (χ1n) is 6.32. The number of carbonyl (C=O) groups is 2. The summed E-state index contributed by atoms with van der Waals surface area (Å²) < 4.78 is 4.84. The Labute approximate surface area is 98.6 Å². The summed E-state index contributed by atoms with van der Waals surface area (Å²) in [5, 5.41) is 0. The van der Waals surface area contributed by atoms with Crippen LogP contribution < -0.4 is 0 Å². The van der Waals surface area contributed by atoms with Crippen molar-refractivity contribution < 1.29 is 14.3 Å². The fourth-order valence-electron chi connectivity index (χ4n) is 1.58. The molecular weight excluding hydrogens is 204 g/mol. The smallest absolute Gasteiger partial charge is 0.305 e. The minimum atomic E-state index is -0.0842. The third-order valence-corrected chi connectivity index (χ3v) is 2.47. The molecule has 0 bridgehead atoms. The largest absolute Gasteiger partial charge is 0.466 e. The summed E-state index contributed by atoms with van der Waals surface area (Å²) in [7, 11) is 0. The predicted molar refractivity (Wildman–Crippen MR) is 64.3 cm³/mol. The van der Waals surface area contributed by atoms with Crippen molar-refractivity contribution in [2.45, 2.75) is 65.2 Å². The number of ketones is 1. The molecule has 3 nitrogen and oxygen atoms in total. The summed E-state index contributed by atoms with van der Waals surface area (Å²) >= 11 is 0. The highest BCUT2D eigenvalue weighted by atomic mass is 16.5. The molecule has 16 heavy (non-hydrogen) atoms. The van der Waals surface area contributed by atoms with Gasteiger partial charge in [0.2, 0.25) is 0 Å². The number of ether oxygens (including phenoxy) is 1. The van der Waals surface area contributed by atoms with Gasteiger partial charge in [-0.1, -0.05) is 25.7 Å². The first-order valence-corrected chi connectivity index (χ1v) is 6.32. The van der Waals surface area contributed by atoms with Crippen molar-refractivity contribution in [3.63, 3.8) is 0 Å². The number of Topliss-reactive ketones (excluding diaryl/α,β-unsaturated/α-hetero) is 1. The third-order valence-electron chi connectivity index (χ3n) is 2.47. The highest BCUT2D eigenvalue weighted by Crippen LogP contribution is 2.09. The van der Waals surface area contributed by atoms with Gasteiger partial charge in [0.05, 0.1) is 6.61 Å². The highest BCUT2D eigenvalue weighted by Gasteiger charge is 2.00. The Balaban J connectivity index is 3.09. The molecule has 3 heteroatoms. The fourth-order valence-corrected chi connectivity index (χ4v) is 1.58. The van der Waals surface area contributed by atoms with Crippen molar-refractivity contribution in [2.75, 3.05) is 6.61 Å². The summed E-state index contributed by atoms with van der Waals surface area (Å²) in [5.41, 5.74) is 0. The molecule has 0 aromatic heterocycles. The van der Waals surface area contributed by atoms with Gasteiger partial charge in [0, 0.05) is 12.8 Å². The molecule has 0 saturated carbocycles. The van der Waals surface area contributed by atoms with Crippen LogP contribution in [0.2, 0.25) is 0 Å². The Kier molecular flexibility index (Phi) is 10.1. The number of carbonyl (C=O) groups excluding carboxylic acids is 2. The molecule has 0 unspecified atom stereocenters. The van der Waals surface area contributed by atoms with E-state index in [1.807, 2.05) is 6.92 Å². The molecule has 0 saturated heterocycles. The number of esters is 1. The van der Waals surface area contributed by atoms with Crippen LogP contribution in [0.3, 0.4) is 0 Å². The van der Waals surface area contributed by atoms with Gasteiger partial charge in [-0.05, 0) is 26.7 Å². The van der Waals surface area contributed by atoms with E-state index < -0.39 is 0 Å². The van der Waals surface area contributed by atoms with Crippen LogP contribution in [0.5, 0.6) is 0 Å². The van der Waals surface area contributed by atoms with E-state index in [2.05, 4.69) is 0 Å². The molecule has 0 fully saturated rings. The number of rotatable bonds is 10. The van der Waals surface area contributed by atoms with E-state index in [0.29, 0.717) is 19.4 Å². The fraction of sp³-hybridized carbons (Fsp3) is 0.846. The van der Waals surface area contributed by atoms with Crippen molar-refractivity contribution in [1.29, 1.82) is 0 Å². The lowest BCUT2D eigenvalue weighted by Crippen LogP contribution is -2.03. The molecule has 0 aromatic rings. The van der Waals surface area contributed by atoms with Gasteiger partial charge >= 0.3 is 5.97 Å². The van der Waals surface area contributed by atoms with E-state index >= 15 is 0 Å². The summed E-state index contributed by atoms with van der Waals surface area (Å²) in [6.07, 6.45) is 7.70. The summed E-state index contributed by atoms with van der Waals surface area (Å²) in [5.74, 6) is 0.196. The summed E-state index contributed by atoms with van der Waals surface area (Å²) in [6, 6.07) is 0. The number of hydrogen-bond donors (Lipinski definition) is 0. The van der Waals surface area contributed by atoms with Gasteiger partial charge < -0.3 is 9.53 Å². The molecule has 0 aliphatic carbocycles. The molecule has 94 valence electrons. The second-order valence-corrected chi connectivity index (χ2v) is 4.13. The van der Waals surface area contributed by atoms with Crippen molar-refractivity contribution in [2.24, 2.45) is 0 Å². The zero-order chi connectivity index (χ0) is 12.2. The molecule has 0 atom stereocenters. The predicted octanol–water partition coefficient (Wildman–Crippen LogP) is 3.26. The zero-order valence-corrected chi connectivity index (χ0v) is 10.6. The molecule has 0 aromatic carbocycles. The third kappa shape index (κ3) is 11.2. The lowest BCUT2D eigenvalue weighted by Gasteiger charge is -2.02. The average molecular weight is 228 g/mol. The molecule has 0 rings (SSSR count). The maximum Gasteiger partial charge on any atom is 0.305 e. The minimum Gasteiger partial charge on any atom is -0.466 e. The Bertz CT molecular complexity index is 199. The second-order valence-electron chi connectivity index (χ2n) is 4.13. The van der Waals surface area contributed by atoms with Gasteiger partial charge in [0.1, 0.15) is 5.78 Å². The van der Waals surface area contributed by atoms with Gasteiger partial charge in [-0.15, -0.1) is 0 Å². The number of hydrogen-bond acceptors (Lipinski definition) is 3. The molecular formula is C13H24O3. The Morgan fingerprint density at radius 3 is 1.88 bits per heavy atom. The maximum absolute atomic E-state index is 11.0. The Morgan fingerprint density at radius 1 is 0.875 bits per heavy atom. The van der Waals surface area contributed by atoms with Crippen LogP contribution in [0.25, 0.3) is 0 Å². The van der Waals surface area contributed by atoms with Gasteiger partial charge in [-0.3, -0.25) is 4.79 Å². The van der Waals surface area contributed by atoms with Crippen LogP contribution in [0.1, 0.15) is 65.2 Å². The summed E-state index contributed by atoms with van der Waals surface area (Å²) in [4.78, 5) is 21.7. The molecule has 0 spiro atoms. The van der Waals surface area contributed by atoms with Crippen LogP contribution in [0, 0.1) is 0 Å². The normalized spacial score (nSPS) is 10.1. The quantitative estimate of drug-likeness (QED) is 0.426. The first-order chi connectivity index (χ1) is 7.66. The van der Waals surface area contributed by atoms with Gasteiger partial charge in [-0.2, -0.15) is 0 Å². The van der Waals surface area contributed by atoms with Gasteiger partial charge in [0.15, 0.2) is 0 Å². The van der Waals surface area contributed by atoms with Crippen LogP contribution in [-0.2, 0) is 14.3 Å². The first kappa shape index (κ1) is 15.1. The molecule has 0 amide bonds. The maximum atomic E-state index is 11.0. The highest BCUT2D eigenvalue weighted by molar-refractivity contribution is 5.75. The van der Waals surface area contributed by atoms with E-state index in [1.54, 1.807) is 6.92 Å². The van der Waals surface area contributed by atoms with Crippen molar-refractivity contribution in [1.82, 2.24) is 0 Å². The van der Waals surface area contributed by atoms with Crippen molar-refractivity contribution in [3.8, 4) is 0 Å². The van der Waals surface area contributed by atoms with E-state index in [9.17, 15) is 9.59 Å². The standard InChI is InChI=1S/C13H24O3/c1-3-16-13(15)11-9-7-5-4-6-8-10-12(2)14/h3-11H2,1-2H3. The number of unbranched alkanes of at least 4 members (excludes halogenated alkanes) is 5. The van der Waals surface area contributed by atoms with Gasteiger partial charge in [0.25, 0.3) is 0 Å². The topological polar surface area (TPSA) is 43.4 Å². The van der Waals surface area contributed by atoms with Crippen molar-refractivity contribution >= 4 is 11.8 Å². The van der Waals surface area contributed by atoms with Crippen molar-refractivity contribution in [3.05, 3.63) is 0 Å².